The molecule has 1 aromatic carbocycles. The van der Waals surface area contributed by atoms with Gasteiger partial charge >= 0.3 is 0 Å². The van der Waals surface area contributed by atoms with Gasteiger partial charge in [-0.1, -0.05) is 0 Å². The molecule has 2 saturated heterocycles. The van der Waals surface area contributed by atoms with Crippen LogP contribution in [-0.2, 0) is 9.53 Å². The molecule has 0 spiro atoms. The van der Waals surface area contributed by atoms with Gasteiger partial charge in [0.15, 0.2) is 0 Å². The summed E-state index contributed by atoms with van der Waals surface area (Å²) in [6, 6.07) is 5.92. The van der Waals surface area contributed by atoms with Crippen LogP contribution in [0.5, 0.6) is 11.5 Å². The van der Waals surface area contributed by atoms with Crippen LogP contribution in [0.2, 0.25) is 0 Å². The number of methoxy groups -OCH3 is 2. The van der Waals surface area contributed by atoms with Gasteiger partial charge in [0.2, 0.25) is 5.91 Å². The average Bonchev–Trinajstić information content (AvgIpc) is 3.24. The first kappa shape index (κ1) is 15.2. The Labute approximate surface area is 131 Å². The van der Waals surface area contributed by atoms with E-state index in [9.17, 15) is 4.79 Å². The average molecular weight is 305 g/mol. The predicted molar refractivity (Wildman–Crippen MR) is 82.2 cm³/mol. The number of benzene rings is 1. The molecule has 5 heteroatoms. The highest BCUT2D eigenvalue weighted by atomic mass is 16.5. The van der Waals surface area contributed by atoms with Crippen molar-refractivity contribution >= 4 is 5.91 Å². The fourth-order valence-corrected chi connectivity index (χ4v) is 3.41. The van der Waals surface area contributed by atoms with Crippen molar-refractivity contribution in [2.45, 2.75) is 25.3 Å². The third-order valence-corrected chi connectivity index (χ3v) is 4.61. The molecule has 0 saturated carbocycles. The van der Waals surface area contributed by atoms with Crippen LogP contribution in [0.4, 0.5) is 0 Å². The highest BCUT2D eigenvalue weighted by Gasteiger charge is 2.36. The summed E-state index contributed by atoms with van der Waals surface area (Å²) in [6.07, 6.45) is 2.84. The molecule has 120 valence electrons. The number of rotatable bonds is 4. The summed E-state index contributed by atoms with van der Waals surface area (Å²) in [4.78, 5) is 14.7. The summed E-state index contributed by atoms with van der Waals surface area (Å²) in [5.41, 5.74) is 1.06. The fraction of sp³-hybridized carbons (Fsp3) is 0.588. The Balaban J connectivity index is 1.84. The molecule has 2 heterocycles. The van der Waals surface area contributed by atoms with E-state index in [1.807, 2.05) is 23.1 Å². The van der Waals surface area contributed by atoms with Crippen LogP contribution in [0.25, 0.3) is 0 Å². The number of carbonyl (C=O) groups excluding carboxylic acids is 1. The van der Waals surface area contributed by atoms with Gasteiger partial charge in [0.1, 0.15) is 11.5 Å². The van der Waals surface area contributed by atoms with E-state index in [1.165, 1.54) is 0 Å². The van der Waals surface area contributed by atoms with Crippen LogP contribution in [-0.4, -0.2) is 44.8 Å². The summed E-state index contributed by atoms with van der Waals surface area (Å²) in [5.74, 6) is 1.79. The van der Waals surface area contributed by atoms with Gasteiger partial charge in [0, 0.05) is 24.8 Å². The van der Waals surface area contributed by atoms with Crippen molar-refractivity contribution in [3.63, 3.8) is 0 Å². The first-order valence-electron chi connectivity index (χ1n) is 7.84. The normalized spacial score (nSPS) is 24.5. The van der Waals surface area contributed by atoms with Crippen molar-refractivity contribution in [3.8, 4) is 11.5 Å². The number of ether oxygens (including phenoxy) is 3. The van der Waals surface area contributed by atoms with Crippen LogP contribution in [0, 0.1) is 5.92 Å². The standard InChI is InChI=1S/C17H23NO4/c1-20-13-5-6-14(16(10-13)21-2)15-4-3-8-18(15)17(19)12-7-9-22-11-12/h5-6,10,12,15H,3-4,7-9,11H2,1-2H3. The number of carbonyl (C=O) groups is 1. The van der Waals surface area contributed by atoms with E-state index in [0.717, 1.165) is 42.9 Å². The van der Waals surface area contributed by atoms with E-state index in [1.54, 1.807) is 14.2 Å². The Morgan fingerprint density at radius 3 is 2.82 bits per heavy atom. The van der Waals surface area contributed by atoms with Crippen molar-refractivity contribution < 1.29 is 19.0 Å². The quantitative estimate of drug-likeness (QED) is 0.857. The van der Waals surface area contributed by atoms with Gasteiger partial charge in [0.05, 0.1) is 32.8 Å². The van der Waals surface area contributed by atoms with Crippen LogP contribution in [0.1, 0.15) is 30.9 Å². The van der Waals surface area contributed by atoms with Crippen LogP contribution in [0.15, 0.2) is 18.2 Å². The van der Waals surface area contributed by atoms with E-state index in [4.69, 9.17) is 14.2 Å². The second kappa shape index (κ2) is 6.57. The van der Waals surface area contributed by atoms with Crippen molar-refractivity contribution in [1.29, 1.82) is 0 Å². The van der Waals surface area contributed by atoms with Crippen LogP contribution < -0.4 is 9.47 Å². The maximum Gasteiger partial charge on any atom is 0.228 e. The SMILES string of the molecule is COc1ccc(C2CCCN2C(=O)C2CCOC2)c(OC)c1. The Hall–Kier alpha value is -1.75. The lowest BCUT2D eigenvalue weighted by Crippen LogP contribution is -2.36. The summed E-state index contributed by atoms with van der Waals surface area (Å²) in [7, 11) is 3.30. The zero-order valence-electron chi connectivity index (χ0n) is 13.2. The maximum absolute atomic E-state index is 12.7. The first-order valence-corrected chi connectivity index (χ1v) is 7.84. The molecule has 0 radical (unpaired) electrons. The van der Waals surface area contributed by atoms with Gasteiger partial charge in [-0.05, 0) is 31.4 Å². The van der Waals surface area contributed by atoms with Gasteiger partial charge in [-0.25, -0.2) is 0 Å². The molecule has 0 aromatic heterocycles. The lowest BCUT2D eigenvalue weighted by atomic mass is 10.0. The smallest absolute Gasteiger partial charge is 0.228 e. The van der Waals surface area contributed by atoms with Gasteiger partial charge in [0.25, 0.3) is 0 Å². The number of amides is 1. The van der Waals surface area contributed by atoms with E-state index in [0.29, 0.717) is 13.2 Å². The zero-order valence-corrected chi connectivity index (χ0v) is 13.2. The van der Waals surface area contributed by atoms with Crippen molar-refractivity contribution in [2.24, 2.45) is 5.92 Å². The van der Waals surface area contributed by atoms with Gasteiger partial charge in [-0.3, -0.25) is 4.79 Å². The van der Waals surface area contributed by atoms with Crippen molar-refractivity contribution in [2.75, 3.05) is 34.0 Å². The molecule has 1 amide bonds. The summed E-state index contributed by atoms with van der Waals surface area (Å²) in [5, 5.41) is 0. The van der Waals surface area contributed by atoms with Crippen molar-refractivity contribution in [1.82, 2.24) is 4.90 Å². The van der Waals surface area contributed by atoms with E-state index in [-0.39, 0.29) is 17.9 Å². The number of nitrogens with zero attached hydrogens (tertiary/aromatic N) is 1. The lowest BCUT2D eigenvalue weighted by molar-refractivity contribution is -0.136. The Kier molecular flexibility index (Phi) is 4.52. The minimum Gasteiger partial charge on any atom is -0.497 e. The molecule has 22 heavy (non-hydrogen) atoms. The molecule has 2 atom stereocenters. The van der Waals surface area contributed by atoms with Crippen LogP contribution >= 0.6 is 0 Å². The van der Waals surface area contributed by atoms with E-state index < -0.39 is 0 Å². The Bertz CT molecular complexity index is 539. The molecule has 2 aliphatic heterocycles. The second-order valence-electron chi connectivity index (χ2n) is 5.86. The Morgan fingerprint density at radius 2 is 2.14 bits per heavy atom. The summed E-state index contributed by atoms with van der Waals surface area (Å²) in [6.45, 7) is 2.07. The second-order valence-corrected chi connectivity index (χ2v) is 5.86. The van der Waals surface area contributed by atoms with Gasteiger partial charge < -0.3 is 19.1 Å². The molecular weight excluding hydrogens is 282 g/mol. The summed E-state index contributed by atoms with van der Waals surface area (Å²) >= 11 is 0. The topological polar surface area (TPSA) is 48.0 Å². The zero-order chi connectivity index (χ0) is 15.5. The number of likely N-dealkylation sites (tertiary alicyclic amines) is 1. The molecular formula is C17H23NO4. The predicted octanol–water partition coefficient (Wildman–Crippen LogP) is 2.40. The first-order chi connectivity index (χ1) is 10.7. The molecule has 2 aliphatic rings. The monoisotopic (exact) mass is 305 g/mol. The number of hydrogen-bond acceptors (Lipinski definition) is 4. The molecule has 0 N–H and O–H groups in total. The largest absolute Gasteiger partial charge is 0.497 e. The van der Waals surface area contributed by atoms with Gasteiger partial charge in [-0.15, -0.1) is 0 Å². The van der Waals surface area contributed by atoms with E-state index >= 15 is 0 Å². The molecule has 2 fully saturated rings. The molecule has 1 aromatic rings. The van der Waals surface area contributed by atoms with Gasteiger partial charge in [-0.2, -0.15) is 0 Å². The number of hydrogen-bond donors (Lipinski definition) is 0. The lowest BCUT2D eigenvalue weighted by Gasteiger charge is -2.28. The molecule has 2 unspecified atom stereocenters. The molecule has 3 rings (SSSR count). The fourth-order valence-electron chi connectivity index (χ4n) is 3.41. The molecule has 0 bridgehead atoms. The third kappa shape index (κ3) is 2.77. The molecule has 0 aliphatic carbocycles. The Morgan fingerprint density at radius 1 is 1.27 bits per heavy atom. The highest BCUT2D eigenvalue weighted by Crippen LogP contribution is 2.39. The minimum atomic E-state index is 0.0184. The van der Waals surface area contributed by atoms with Crippen LogP contribution in [0.3, 0.4) is 0 Å². The van der Waals surface area contributed by atoms with E-state index in [2.05, 4.69) is 0 Å². The minimum absolute atomic E-state index is 0.0184. The molecule has 5 nitrogen and oxygen atoms in total. The maximum atomic E-state index is 12.7. The van der Waals surface area contributed by atoms with Crippen molar-refractivity contribution in [3.05, 3.63) is 23.8 Å². The summed E-state index contributed by atoms with van der Waals surface area (Å²) < 4.78 is 16.1. The highest BCUT2D eigenvalue weighted by molar-refractivity contribution is 5.80. The third-order valence-electron chi connectivity index (χ3n) is 4.61.